The van der Waals surface area contributed by atoms with Crippen molar-refractivity contribution in [1.82, 2.24) is 9.97 Å². The lowest BCUT2D eigenvalue weighted by Gasteiger charge is -2.22. The summed E-state index contributed by atoms with van der Waals surface area (Å²) < 4.78 is 6.35. The predicted octanol–water partition coefficient (Wildman–Crippen LogP) is 4.39. The van der Waals surface area contributed by atoms with Crippen LogP contribution in [-0.2, 0) is 17.8 Å². The lowest BCUT2D eigenvalue weighted by Crippen LogP contribution is -2.25. The smallest absolute Gasteiger partial charge is 0.382 e. The fourth-order valence-electron chi connectivity index (χ4n) is 3.24. The molecule has 0 fully saturated rings. The average Bonchev–Trinajstić information content (AvgIpc) is 3.25. The Balaban J connectivity index is 1.55. The van der Waals surface area contributed by atoms with E-state index in [1.807, 2.05) is 42.5 Å². The van der Waals surface area contributed by atoms with E-state index in [4.69, 9.17) is 14.8 Å². The molecule has 160 valence electrons. The molecule has 0 radical (unpaired) electrons. The fraction of sp³-hybridized carbons (Fsp3) is 0.160. The minimum atomic E-state index is -1.14. The highest BCUT2D eigenvalue weighted by Gasteiger charge is 2.13. The van der Waals surface area contributed by atoms with Crippen LogP contribution in [0.1, 0.15) is 16.7 Å². The Kier molecular flexibility index (Phi) is 6.63. The van der Waals surface area contributed by atoms with E-state index in [0.29, 0.717) is 12.1 Å². The number of hydrogen-bond acceptors (Lipinski definition) is 6. The Bertz CT molecular complexity index is 1240. The van der Waals surface area contributed by atoms with Gasteiger partial charge in [0.1, 0.15) is 11.3 Å². The second-order valence-electron chi connectivity index (χ2n) is 7.11. The second-order valence-corrected chi connectivity index (χ2v) is 8.12. The highest BCUT2D eigenvalue weighted by atomic mass is 32.1. The molecule has 2 heterocycles. The minimum absolute atomic E-state index is 0.673. The summed E-state index contributed by atoms with van der Waals surface area (Å²) in [6, 6.07) is 17.7. The Morgan fingerprint density at radius 1 is 1.09 bits per heavy atom. The van der Waals surface area contributed by atoms with Crippen molar-refractivity contribution in [2.45, 2.75) is 13.0 Å². The number of carboxylic acids is 1. The molecule has 0 bridgehead atoms. The van der Waals surface area contributed by atoms with Crippen molar-refractivity contribution in [1.29, 1.82) is 0 Å². The van der Waals surface area contributed by atoms with Crippen molar-refractivity contribution < 1.29 is 14.6 Å². The number of aliphatic carboxylic acids is 1. The Hall–Kier alpha value is -3.89. The highest BCUT2D eigenvalue weighted by molar-refractivity contribution is 7.22. The summed E-state index contributed by atoms with van der Waals surface area (Å²) in [4.78, 5) is 21.9. The molecule has 32 heavy (non-hydrogen) atoms. The van der Waals surface area contributed by atoms with E-state index >= 15 is 0 Å². The van der Waals surface area contributed by atoms with Gasteiger partial charge in [-0.2, -0.15) is 0 Å². The number of methoxy groups -OCH3 is 1. The van der Waals surface area contributed by atoms with Gasteiger partial charge in [-0.1, -0.05) is 41.5 Å². The van der Waals surface area contributed by atoms with Gasteiger partial charge in [0.15, 0.2) is 5.13 Å². The van der Waals surface area contributed by atoms with Gasteiger partial charge in [0.2, 0.25) is 0 Å². The first kappa shape index (κ1) is 21.3. The molecule has 6 nitrogen and oxygen atoms in total. The van der Waals surface area contributed by atoms with Crippen LogP contribution in [0, 0.1) is 11.8 Å². The van der Waals surface area contributed by atoms with E-state index in [2.05, 4.69) is 33.9 Å². The van der Waals surface area contributed by atoms with E-state index in [0.717, 1.165) is 39.6 Å². The van der Waals surface area contributed by atoms with Gasteiger partial charge >= 0.3 is 5.97 Å². The Morgan fingerprint density at radius 3 is 2.53 bits per heavy atom. The largest absolute Gasteiger partial charge is 0.497 e. The molecule has 0 saturated heterocycles. The molecule has 0 spiro atoms. The number of thiazole rings is 1. The van der Waals surface area contributed by atoms with Crippen molar-refractivity contribution in [3.05, 3.63) is 83.7 Å². The van der Waals surface area contributed by atoms with Gasteiger partial charge in [-0.15, -0.1) is 0 Å². The van der Waals surface area contributed by atoms with Gasteiger partial charge in [-0.3, -0.25) is 4.98 Å². The molecule has 0 aliphatic rings. The number of hydrogen-bond donors (Lipinski definition) is 1. The standard InChI is InChI=1S/C25H21N3O3S/c1-31-21-9-6-19(7-10-21)13-15-28(25-27-22-16-26-14-12-23(22)32-25)17-20-4-2-18(3-5-20)8-11-24(29)30/h2-7,9-10,12,14,16H,13,15,17H2,1H3,(H,29,30). The molecule has 0 atom stereocenters. The van der Waals surface area contributed by atoms with Gasteiger partial charge in [0.05, 0.1) is 18.0 Å². The maximum absolute atomic E-state index is 10.6. The van der Waals surface area contributed by atoms with Crippen LogP contribution in [0.5, 0.6) is 5.75 Å². The number of benzene rings is 2. The summed E-state index contributed by atoms with van der Waals surface area (Å²) in [6.45, 7) is 1.47. The predicted molar refractivity (Wildman–Crippen MR) is 126 cm³/mol. The number of nitrogens with zero attached hydrogens (tertiary/aromatic N) is 3. The van der Waals surface area contributed by atoms with Crippen LogP contribution in [0.4, 0.5) is 5.13 Å². The molecule has 4 rings (SSSR count). The van der Waals surface area contributed by atoms with Gasteiger partial charge in [-0.25, -0.2) is 9.78 Å². The normalized spacial score (nSPS) is 10.4. The number of anilines is 1. The maximum Gasteiger partial charge on any atom is 0.382 e. The van der Waals surface area contributed by atoms with Gasteiger partial charge in [-0.05, 0) is 47.9 Å². The van der Waals surface area contributed by atoms with Crippen molar-refractivity contribution in [2.75, 3.05) is 18.6 Å². The van der Waals surface area contributed by atoms with Crippen molar-refractivity contribution in [3.8, 4) is 17.6 Å². The van der Waals surface area contributed by atoms with E-state index in [9.17, 15) is 4.79 Å². The maximum atomic E-state index is 10.6. The van der Waals surface area contributed by atoms with Gasteiger partial charge < -0.3 is 14.7 Å². The highest BCUT2D eigenvalue weighted by Crippen LogP contribution is 2.29. The monoisotopic (exact) mass is 443 g/mol. The Labute approximate surface area is 190 Å². The molecule has 2 aromatic carbocycles. The average molecular weight is 444 g/mol. The summed E-state index contributed by atoms with van der Waals surface area (Å²) in [7, 11) is 1.66. The summed E-state index contributed by atoms with van der Waals surface area (Å²) in [5.41, 5.74) is 3.88. The van der Waals surface area contributed by atoms with Gasteiger partial charge in [0, 0.05) is 30.8 Å². The minimum Gasteiger partial charge on any atom is -0.497 e. The van der Waals surface area contributed by atoms with Crippen molar-refractivity contribution >= 4 is 32.7 Å². The lowest BCUT2D eigenvalue weighted by molar-refractivity contribution is -0.130. The number of ether oxygens (including phenoxy) is 1. The van der Waals surface area contributed by atoms with Crippen LogP contribution >= 0.6 is 11.3 Å². The zero-order chi connectivity index (χ0) is 22.3. The van der Waals surface area contributed by atoms with Crippen molar-refractivity contribution in [3.63, 3.8) is 0 Å². The molecule has 7 heteroatoms. The second kappa shape index (κ2) is 9.94. The Morgan fingerprint density at radius 2 is 1.84 bits per heavy atom. The third-order valence-electron chi connectivity index (χ3n) is 4.92. The zero-order valence-electron chi connectivity index (χ0n) is 17.5. The topological polar surface area (TPSA) is 75.5 Å². The van der Waals surface area contributed by atoms with Crippen LogP contribution in [-0.4, -0.2) is 34.7 Å². The zero-order valence-corrected chi connectivity index (χ0v) is 18.3. The third kappa shape index (κ3) is 5.42. The number of fused-ring (bicyclic) bond motifs is 1. The summed E-state index contributed by atoms with van der Waals surface area (Å²) in [5.74, 6) is 4.49. The van der Waals surface area contributed by atoms with Crippen LogP contribution in [0.2, 0.25) is 0 Å². The fourth-order valence-corrected chi connectivity index (χ4v) is 4.20. The van der Waals surface area contributed by atoms with Crippen LogP contribution < -0.4 is 9.64 Å². The number of pyridine rings is 1. The number of carbonyl (C=O) groups is 1. The summed E-state index contributed by atoms with van der Waals surface area (Å²) in [5, 5.41) is 9.66. The summed E-state index contributed by atoms with van der Waals surface area (Å²) in [6.07, 6.45) is 4.43. The first-order valence-electron chi connectivity index (χ1n) is 10.0. The van der Waals surface area contributed by atoms with E-state index in [1.165, 1.54) is 5.56 Å². The number of aromatic nitrogens is 2. The van der Waals surface area contributed by atoms with Crippen LogP contribution in [0.15, 0.2) is 67.0 Å². The quantitative estimate of drug-likeness (QED) is 0.427. The lowest BCUT2D eigenvalue weighted by atomic mass is 10.1. The van der Waals surface area contributed by atoms with Crippen LogP contribution in [0.3, 0.4) is 0 Å². The molecule has 4 aromatic rings. The van der Waals surface area contributed by atoms with Gasteiger partial charge in [0.25, 0.3) is 0 Å². The molecule has 0 aliphatic carbocycles. The number of rotatable bonds is 7. The molecular weight excluding hydrogens is 422 g/mol. The van der Waals surface area contributed by atoms with Crippen molar-refractivity contribution in [2.24, 2.45) is 0 Å². The first-order valence-corrected chi connectivity index (χ1v) is 10.8. The van der Waals surface area contributed by atoms with E-state index in [1.54, 1.807) is 30.8 Å². The summed E-state index contributed by atoms with van der Waals surface area (Å²) >= 11 is 1.65. The molecule has 0 unspecified atom stereocenters. The van der Waals surface area contributed by atoms with E-state index < -0.39 is 5.97 Å². The molecule has 1 N–H and O–H groups in total. The van der Waals surface area contributed by atoms with E-state index in [-0.39, 0.29) is 0 Å². The molecule has 0 saturated carbocycles. The third-order valence-corrected chi connectivity index (χ3v) is 6.02. The van der Waals surface area contributed by atoms with Crippen LogP contribution in [0.25, 0.3) is 10.2 Å². The molecule has 0 aliphatic heterocycles. The molecule has 0 amide bonds. The molecular formula is C25H21N3O3S. The molecule has 2 aromatic heterocycles. The number of carboxylic acid groups (broad SMARTS) is 1. The first-order chi connectivity index (χ1) is 15.6. The SMILES string of the molecule is COc1ccc(CCN(Cc2ccc(C#CC(=O)O)cc2)c2nc3cnccc3s2)cc1.